The minimum absolute atomic E-state index is 0.146. The van der Waals surface area contributed by atoms with Gasteiger partial charge in [-0.05, 0) is 12.8 Å². The zero-order valence-electron chi connectivity index (χ0n) is 32.8. The lowest BCUT2D eigenvalue weighted by Gasteiger charge is -2.09. The molecule has 310 valence electrons. The fourth-order valence-corrected chi connectivity index (χ4v) is 4.40. The van der Waals surface area contributed by atoms with Crippen molar-refractivity contribution in [2.75, 3.05) is 145 Å². The highest BCUT2D eigenvalue weighted by Crippen LogP contribution is 2.07. The predicted octanol–water partition coefficient (Wildman–Crippen LogP) is 4.96. The summed E-state index contributed by atoms with van der Waals surface area (Å²) in [5, 5.41) is 0. The van der Waals surface area contributed by atoms with Crippen LogP contribution in [0.1, 0.15) is 90.9 Å². The van der Waals surface area contributed by atoms with Gasteiger partial charge in [-0.3, -0.25) is 9.59 Å². The van der Waals surface area contributed by atoms with Gasteiger partial charge in [0, 0.05) is 12.8 Å². The second-order valence-electron chi connectivity index (χ2n) is 11.9. The maximum Gasteiger partial charge on any atom is 0.305 e. The Morgan fingerprint density at radius 2 is 0.462 bits per heavy atom. The zero-order valence-corrected chi connectivity index (χ0v) is 32.8. The third-order valence-corrected chi connectivity index (χ3v) is 7.30. The van der Waals surface area contributed by atoms with Crippen molar-refractivity contribution in [1.29, 1.82) is 0 Å². The zero-order chi connectivity index (χ0) is 37.7. The fraction of sp³-hybridized carbons (Fsp3) is 0.947. The number of hydrogen-bond donors (Lipinski definition) is 0. The molecular formula is C38H74O14. The molecule has 0 heterocycles. The maximum absolute atomic E-state index is 11.7. The summed E-state index contributed by atoms with van der Waals surface area (Å²) >= 11 is 0. The molecule has 0 fully saturated rings. The molecule has 0 spiro atoms. The van der Waals surface area contributed by atoms with Gasteiger partial charge in [0.15, 0.2) is 0 Å². The van der Waals surface area contributed by atoms with Gasteiger partial charge in [-0.2, -0.15) is 0 Å². The van der Waals surface area contributed by atoms with E-state index in [1.165, 1.54) is 25.7 Å². The van der Waals surface area contributed by atoms with E-state index < -0.39 is 0 Å². The van der Waals surface area contributed by atoms with Crippen LogP contribution in [-0.2, 0) is 66.4 Å². The van der Waals surface area contributed by atoms with E-state index in [9.17, 15) is 9.59 Å². The van der Waals surface area contributed by atoms with Crippen LogP contribution in [0, 0.1) is 0 Å². The van der Waals surface area contributed by atoms with Gasteiger partial charge < -0.3 is 56.8 Å². The summed E-state index contributed by atoms with van der Waals surface area (Å²) in [5.41, 5.74) is 0. The first kappa shape index (κ1) is 50.5. The molecule has 0 aromatic heterocycles. The number of esters is 2. The summed E-state index contributed by atoms with van der Waals surface area (Å²) < 4.78 is 64.9. The first-order chi connectivity index (χ1) is 25.7. The van der Waals surface area contributed by atoms with Crippen molar-refractivity contribution in [3.8, 4) is 0 Å². The lowest BCUT2D eigenvalue weighted by Crippen LogP contribution is -2.16. The average Bonchev–Trinajstić information content (AvgIpc) is 3.15. The Morgan fingerprint density at radius 3 is 0.712 bits per heavy atom. The number of hydrogen-bond acceptors (Lipinski definition) is 14. The topological polar surface area (TPSA) is 145 Å². The maximum atomic E-state index is 11.7. The summed E-state index contributed by atoms with van der Waals surface area (Å²) in [4.78, 5) is 23.2. The van der Waals surface area contributed by atoms with Crippen molar-refractivity contribution in [1.82, 2.24) is 0 Å². The Balaban J connectivity index is 3.12. The summed E-state index contributed by atoms with van der Waals surface area (Å²) in [6.45, 7) is 14.3. The molecular weight excluding hydrogens is 680 g/mol. The normalized spacial score (nSPS) is 11.3. The molecule has 0 aliphatic rings. The Kier molecular flexibility index (Phi) is 44.4. The van der Waals surface area contributed by atoms with Crippen LogP contribution in [-0.4, -0.2) is 157 Å². The van der Waals surface area contributed by atoms with Gasteiger partial charge in [0.1, 0.15) is 13.2 Å². The summed E-state index contributed by atoms with van der Waals surface area (Å²) in [7, 11) is 0. The van der Waals surface area contributed by atoms with E-state index in [1.54, 1.807) is 0 Å². The van der Waals surface area contributed by atoms with Crippen LogP contribution in [0.2, 0.25) is 0 Å². The lowest BCUT2D eigenvalue weighted by atomic mass is 10.1. The molecule has 14 nitrogen and oxygen atoms in total. The number of ether oxygens (including phenoxy) is 12. The van der Waals surface area contributed by atoms with Crippen molar-refractivity contribution in [2.24, 2.45) is 0 Å². The van der Waals surface area contributed by atoms with Crippen LogP contribution in [0.5, 0.6) is 0 Å². The molecule has 0 aliphatic carbocycles. The Morgan fingerprint density at radius 1 is 0.269 bits per heavy atom. The molecule has 0 bridgehead atoms. The SMILES string of the molecule is CCCCCCCCC(=O)OCCOCCOCCOCCOCCOCCOCCOCCOCCOCCOCCOC(=O)CCCCCC. The molecule has 0 N–H and O–H groups in total. The van der Waals surface area contributed by atoms with Crippen molar-refractivity contribution in [3.05, 3.63) is 0 Å². The van der Waals surface area contributed by atoms with E-state index in [4.69, 9.17) is 56.8 Å². The average molecular weight is 755 g/mol. The van der Waals surface area contributed by atoms with E-state index in [0.29, 0.717) is 145 Å². The highest BCUT2D eigenvalue weighted by Gasteiger charge is 2.04. The lowest BCUT2D eigenvalue weighted by molar-refractivity contribution is -0.146. The minimum Gasteiger partial charge on any atom is -0.463 e. The van der Waals surface area contributed by atoms with E-state index in [1.807, 2.05) is 0 Å². The third kappa shape index (κ3) is 44.7. The molecule has 0 saturated carbocycles. The third-order valence-electron chi connectivity index (χ3n) is 7.30. The molecule has 0 amide bonds. The summed E-state index contributed by atoms with van der Waals surface area (Å²) in [6, 6.07) is 0. The van der Waals surface area contributed by atoms with Gasteiger partial charge in [-0.25, -0.2) is 0 Å². The second kappa shape index (κ2) is 45.7. The van der Waals surface area contributed by atoms with Crippen molar-refractivity contribution in [2.45, 2.75) is 90.9 Å². The van der Waals surface area contributed by atoms with Gasteiger partial charge in [0.05, 0.1) is 132 Å². The van der Waals surface area contributed by atoms with Crippen LogP contribution in [0.25, 0.3) is 0 Å². The number of unbranched alkanes of at least 4 members (excludes halogenated alkanes) is 8. The Bertz CT molecular complexity index is 715. The number of rotatable bonds is 45. The molecule has 0 radical (unpaired) electrons. The molecule has 52 heavy (non-hydrogen) atoms. The standard InChI is InChI=1S/C38H74O14/c1-3-5-7-9-10-12-14-38(40)52-36-34-50-32-30-48-28-26-46-24-22-44-20-18-42-16-15-41-17-19-43-21-23-45-25-27-47-29-31-49-33-35-51-37(39)13-11-8-6-4-2/h3-36H2,1-2H3. The van der Waals surface area contributed by atoms with Gasteiger partial charge in [0.2, 0.25) is 0 Å². The van der Waals surface area contributed by atoms with E-state index in [-0.39, 0.29) is 25.2 Å². The molecule has 0 aromatic rings. The molecule has 0 rings (SSSR count). The highest BCUT2D eigenvalue weighted by atomic mass is 16.6. The molecule has 0 saturated heterocycles. The van der Waals surface area contributed by atoms with Gasteiger partial charge >= 0.3 is 11.9 Å². The first-order valence-electron chi connectivity index (χ1n) is 19.8. The predicted molar refractivity (Wildman–Crippen MR) is 197 cm³/mol. The van der Waals surface area contributed by atoms with Gasteiger partial charge in [-0.1, -0.05) is 65.2 Å². The largest absolute Gasteiger partial charge is 0.463 e. The van der Waals surface area contributed by atoms with Crippen molar-refractivity contribution in [3.63, 3.8) is 0 Å². The second-order valence-corrected chi connectivity index (χ2v) is 11.9. The molecule has 0 atom stereocenters. The number of carbonyl (C=O) groups excluding carboxylic acids is 2. The molecule has 14 heteroatoms. The van der Waals surface area contributed by atoms with Gasteiger partial charge in [-0.15, -0.1) is 0 Å². The Hall–Kier alpha value is -1.46. The highest BCUT2D eigenvalue weighted by molar-refractivity contribution is 5.69. The van der Waals surface area contributed by atoms with E-state index in [2.05, 4.69) is 13.8 Å². The van der Waals surface area contributed by atoms with Crippen molar-refractivity contribution < 1.29 is 66.4 Å². The first-order valence-corrected chi connectivity index (χ1v) is 19.8. The van der Waals surface area contributed by atoms with Gasteiger partial charge in [0.25, 0.3) is 0 Å². The van der Waals surface area contributed by atoms with Crippen LogP contribution in [0.4, 0.5) is 0 Å². The summed E-state index contributed by atoms with van der Waals surface area (Å²) in [5.74, 6) is -0.301. The Labute approximate surface area is 314 Å². The van der Waals surface area contributed by atoms with Crippen molar-refractivity contribution >= 4 is 11.9 Å². The molecule has 0 aromatic carbocycles. The van der Waals surface area contributed by atoms with E-state index >= 15 is 0 Å². The molecule has 0 unspecified atom stereocenters. The van der Waals surface area contributed by atoms with E-state index in [0.717, 1.165) is 38.5 Å². The molecule has 0 aliphatic heterocycles. The van der Waals surface area contributed by atoms with Crippen LogP contribution in [0.3, 0.4) is 0 Å². The minimum atomic E-state index is -0.155. The fourth-order valence-electron chi connectivity index (χ4n) is 4.40. The monoisotopic (exact) mass is 755 g/mol. The summed E-state index contributed by atoms with van der Waals surface area (Å²) in [6.07, 6.45) is 12.2. The smallest absolute Gasteiger partial charge is 0.305 e. The van der Waals surface area contributed by atoms with Crippen LogP contribution < -0.4 is 0 Å². The van der Waals surface area contributed by atoms with Crippen LogP contribution in [0.15, 0.2) is 0 Å². The number of carbonyl (C=O) groups is 2. The quantitative estimate of drug-likeness (QED) is 0.0610. The van der Waals surface area contributed by atoms with Crippen LogP contribution >= 0.6 is 0 Å².